The smallest absolute Gasteiger partial charge is 0.354 e. The Labute approximate surface area is 150 Å². The largest absolute Gasteiger partial charge is 0.466 e. The molecule has 26 heavy (non-hydrogen) atoms. The molecule has 0 amide bonds. The van der Waals surface area contributed by atoms with Crippen LogP contribution in [0.25, 0.3) is 11.4 Å². The van der Waals surface area contributed by atoms with Gasteiger partial charge in [-0.1, -0.05) is 12.1 Å². The number of aromatic nitrogens is 3. The van der Waals surface area contributed by atoms with E-state index in [9.17, 15) is 9.59 Å². The SMILES string of the molecule is COC(=O)/C=C(/Nc1cccc(-c2nnc3n2CCCC3)c1)C(=O)OC. The number of esters is 2. The zero-order valence-corrected chi connectivity index (χ0v) is 14.7. The highest BCUT2D eigenvalue weighted by molar-refractivity contribution is 5.98. The Balaban J connectivity index is 1.89. The number of carbonyl (C=O) groups excluding carboxylic acids is 2. The average molecular weight is 356 g/mol. The second kappa shape index (κ2) is 7.81. The molecule has 1 N–H and O–H groups in total. The van der Waals surface area contributed by atoms with E-state index in [2.05, 4.69) is 24.8 Å². The summed E-state index contributed by atoms with van der Waals surface area (Å²) in [4.78, 5) is 23.4. The zero-order chi connectivity index (χ0) is 18.5. The van der Waals surface area contributed by atoms with Crippen LogP contribution in [0.2, 0.25) is 0 Å². The van der Waals surface area contributed by atoms with E-state index in [0.717, 1.165) is 49.1 Å². The number of anilines is 1. The number of carbonyl (C=O) groups is 2. The molecule has 0 spiro atoms. The van der Waals surface area contributed by atoms with Crippen molar-refractivity contribution in [3.05, 3.63) is 41.9 Å². The first-order valence-electron chi connectivity index (χ1n) is 8.30. The lowest BCUT2D eigenvalue weighted by atomic mass is 10.1. The van der Waals surface area contributed by atoms with Gasteiger partial charge in [-0.3, -0.25) is 0 Å². The van der Waals surface area contributed by atoms with Gasteiger partial charge in [0, 0.05) is 24.2 Å². The van der Waals surface area contributed by atoms with E-state index < -0.39 is 11.9 Å². The molecule has 2 heterocycles. The van der Waals surface area contributed by atoms with Crippen molar-refractivity contribution in [3.8, 4) is 11.4 Å². The van der Waals surface area contributed by atoms with Crippen LogP contribution in [0.3, 0.4) is 0 Å². The van der Waals surface area contributed by atoms with Crippen molar-refractivity contribution in [2.45, 2.75) is 25.8 Å². The van der Waals surface area contributed by atoms with Gasteiger partial charge in [-0.25, -0.2) is 9.59 Å². The summed E-state index contributed by atoms with van der Waals surface area (Å²) in [7, 11) is 2.48. The van der Waals surface area contributed by atoms with Crippen LogP contribution >= 0.6 is 0 Å². The van der Waals surface area contributed by atoms with Gasteiger partial charge in [0.05, 0.1) is 20.3 Å². The fourth-order valence-corrected chi connectivity index (χ4v) is 2.85. The van der Waals surface area contributed by atoms with Gasteiger partial charge in [0.25, 0.3) is 0 Å². The first-order valence-corrected chi connectivity index (χ1v) is 8.30. The molecule has 2 aromatic rings. The van der Waals surface area contributed by atoms with Gasteiger partial charge in [0.2, 0.25) is 0 Å². The molecule has 0 aliphatic carbocycles. The zero-order valence-electron chi connectivity index (χ0n) is 14.7. The minimum atomic E-state index is -0.666. The quantitative estimate of drug-likeness (QED) is 0.646. The third-order valence-corrected chi connectivity index (χ3v) is 4.13. The summed E-state index contributed by atoms with van der Waals surface area (Å²) in [6, 6.07) is 7.40. The van der Waals surface area contributed by atoms with Crippen molar-refractivity contribution in [2.75, 3.05) is 19.5 Å². The number of nitrogens with one attached hydrogen (secondary N) is 1. The van der Waals surface area contributed by atoms with Crippen LogP contribution in [0, 0.1) is 0 Å². The molecule has 0 saturated heterocycles. The van der Waals surface area contributed by atoms with Gasteiger partial charge < -0.3 is 19.4 Å². The fourth-order valence-electron chi connectivity index (χ4n) is 2.85. The second-order valence-electron chi connectivity index (χ2n) is 5.83. The predicted molar refractivity (Wildman–Crippen MR) is 94.1 cm³/mol. The number of ether oxygens (including phenoxy) is 2. The number of fused-ring (bicyclic) bond motifs is 1. The highest BCUT2D eigenvalue weighted by Crippen LogP contribution is 2.25. The summed E-state index contributed by atoms with van der Waals surface area (Å²) in [6.07, 6.45) is 4.21. The minimum Gasteiger partial charge on any atom is -0.466 e. The number of nitrogens with zero attached hydrogens (tertiary/aromatic N) is 3. The Hall–Kier alpha value is -3.16. The first-order chi connectivity index (χ1) is 12.6. The molecule has 0 saturated carbocycles. The van der Waals surface area contributed by atoms with Crippen molar-refractivity contribution in [3.63, 3.8) is 0 Å². The Kier molecular flexibility index (Phi) is 5.31. The van der Waals surface area contributed by atoms with Crippen LogP contribution in [-0.4, -0.2) is 40.9 Å². The molecule has 1 aliphatic heterocycles. The molecule has 1 aromatic carbocycles. The molecule has 8 nitrogen and oxygen atoms in total. The van der Waals surface area contributed by atoms with Crippen LogP contribution in [0.1, 0.15) is 18.7 Å². The average Bonchev–Trinajstić information content (AvgIpc) is 3.11. The number of methoxy groups -OCH3 is 2. The van der Waals surface area contributed by atoms with E-state index in [-0.39, 0.29) is 5.70 Å². The lowest BCUT2D eigenvalue weighted by molar-refractivity contribution is -0.138. The maximum Gasteiger partial charge on any atom is 0.354 e. The Bertz CT molecular complexity index is 857. The third-order valence-electron chi connectivity index (χ3n) is 4.13. The van der Waals surface area contributed by atoms with Crippen LogP contribution in [0.4, 0.5) is 5.69 Å². The van der Waals surface area contributed by atoms with E-state index in [0.29, 0.717) is 5.69 Å². The van der Waals surface area contributed by atoms with Crippen LogP contribution < -0.4 is 5.32 Å². The number of hydrogen-bond donors (Lipinski definition) is 1. The molecular formula is C18H20N4O4. The van der Waals surface area contributed by atoms with E-state index >= 15 is 0 Å². The summed E-state index contributed by atoms with van der Waals surface area (Å²) in [5.41, 5.74) is 1.48. The van der Waals surface area contributed by atoms with Crippen LogP contribution in [-0.2, 0) is 32.0 Å². The summed E-state index contributed by atoms with van der Waals surface area (Å²) in [5, 5.41) is 11.5. The molecule has 0 radical (unpaired) electrons. The van der Waals surface area contributed by atoms with Gasteiger partial charge in [-0.05, 0) is 25.0 Å². The summed E-state index contributed by atoms with van der Waals surface area (Å²) >= 11 is 0. The van der Waals surface area contributed by atoms with Crippen molar-refractivity contribution in [1.82, 2.24) is 14.8 Å². The van der Waals surface area contributed by atoms with Gasteiger partial charge >= 0.3 is 11.9 Å². The fraction of sp³-hybridized carbons (Fsp3) is 0.333. The van der Waals surface area contributed by atoms with Crippen LogP contribution in [0.15, 0.2) is 36.0 Å². The van der Waals surface area contributed by atoms with Gasteiger partial charge in [0.15, 0.2) is 5.82 Å². The lowest BCUT2D eigenvalue weighted by Crippen LogP contribution is -2.15. The lowest BCUT2D eigenvalue weighted by Gasteiger charge is -2.15. The van der Waals surface area contributed by atoms with Crippen molar-refractivity contribution in [1.29, 1.82) is 0 Å². The number of benzene rings is 1. The van der Waals surface area contributed by atoms with Gasteiger partial charge in [0.1, 0.15) is 11.5 Å². The maximum absolute atomic E-state index is 11.9. The van der Waals surface area contributed by atoms with Gasteiger partial charge in [-0.2, -0.15) is 0 Å². The molecule has 8 heteroatoms. The van der Waals surface area contributed by atoms with Crippen molar-refractivity contribution < 1.29 is 19.1 Å². The Morgan fingerprint density at radius 2 is 2.04 bits per heavy atom. The predicted octanol–water partition coefficient (Wildman–Crippen LogP) is 1.92. The normalized spacial score (nSPS) is 13.7. The Morgan fingerprint density at radius 1 is 1.19 bits per heavy atom. The molecule has 1 aliphatic rings. The summed E-state index contributed by atoms with van der Waals surface area (Å²) in [5.74, 6) is 0.464. The van der Waals surface area contributed by atoms with E-state index in [1.807, 2.05) is 18.2 Å². The summed E-state index contributed by atoms with van der Waals surface area (Å²) < 4.78 is 11.4. The number of aryl methyl sites for hydroxylation is 1. The highest BCUT2D eigenvalue weighted by Gasteiger charge is 2.18. The first kappa shape index (κ1) is 17.7. The molecule has 3 rings (SSSR count). The van der Waals surface area contributed by atoms with Crippen LogP contribution in [0.5, 0.6) is 0 Å². The van der Waals surface area contributed by atoms with E-state index in [1.54, 1.807) is 6.07 Å². The third kappa shape index (κ3) is 3.74. The highest BCUT2D eigenvalue weighted by atomic mass is 16.5. The maximum atomic E-state index is 11.9. The molecule has 0 bridgehead atoms. The topological polar surface area (TPSA) is 95.3 Å². The van der Waals surface area contributed by atoms with E-state index in [1.165, 1.54) is 14.2 Å². The van der Waals surface area contributed by atoms with Crippen molar-refractivity contribution in [2.24, 2.45) is 0 Å². The minimum absolute atomic E-state index is 0.0141. The molecular weight excluding hydrogens is 336 g/mol. The molecule has 1 aromatic heterocycles. The molecule has 136 valence electrons. The number of rotatable bonds is 5. The monoisotopic (exact) mass is 356 g/mol. The Morgan fingerprint density at radius 3 is 2.81 bits per heavy atom. The standard InChI is InChI=1S/C18H20N4O4/c1-25-16(23)11-14(18(24)26-2)19-13-7-5-6-12(10-13)17-21-20-15-8-3-4-9-22(15)17/h5-7,10-11,19H,3-4,8-9H2,1-2H3/b14-11+. The van der Waals surface area contributed by atoms with Gasteiger partial charge in [-0.15, -0.1) is 10.2 Å². The summed E-state index contributed by atoms with van der Waals surface area (Å²) in [6.45, 7) is 0.894. The van der Waals surface area contributed by atoms with E-state index in [4.69, 9.17) is 4.74 Å². The molecule has 0 atom stereocenters. The second-order valence-corrected chi connectivity index (χ2v) is 5.83. The van der Waals surface area contributed by atoms with Crippen molar-refractivity contribution >= 4 is 17.6 Å². The number of hydrogen-bond acceptors (Lipinski definition) is 7. The molecule has 0 fully saturated rings. The molecule has 0 unspecified atom stereocenters.